The number of imide groups is 2. The van der Waals surface area contributed by atoms with Crippen LogP contribution in [0.1, 0.15) is 91.6 Å². The van der Waals surface area contributed by atoms with E-state index >= 15 is 4.39 Å². The van der Waals surface area contributed by atoms with Crippen LogP contribution in [-0.2, 0) is 19.1 Å². The lowest BCUT2D eigenvalue weighted by Gasteiger charge is -2.50. The Bertz CT molecular complexity index is 2720. The number of ether oxygens (including phenoxy) is 2. The molecule has 0 radical (unpaired) electrons. The summed E-state index contributed by atoms with van der Waals surface area (Å²) in [5, 5.41) is 5.55. The van der Waals surface area contributed by atoms with Crippen molar-refractivity contribution in [1.29, 1.82) is 0 Å². The molecule has 2 aromatic carbocycles. The van der Waals surface area contributed by atoms with Crippen molar-refractivity contribution in [2.24, 2.45) is 5.73 Å². The highest BCUT2D eigenvalue weighted by Crippen LogP contribution is 2.38. The van der Waals surface area contributed by atoms with Crippen LogP contribution in [0.15, 0.2) is 41.3 Å². The van der Waals surface area contributed by atoms with Gasteiger partial charge in [0.25, 0.3) is 23.3 Å². The van der Waals surface area contributed by atoms with Crippen LogP contribution in [0.2, 0.25) is 5.02 Å². The summed E-state index contributed by atoms with van der Waals surface area (Å²) in [7, 11) is 0. The van der Waals surface area contributed by atoms with E-state index in [1.807, 2.05) is 13.0 Å². The summed E-state index contributed by atoms with van der Waals surface area (Å²) in [4.78, 5) is 92.8. The van der Waals surface area contributed by atoms with Gasteiger partial charge in [-0.3, -0.25) is 43.9 Å². The van der Waals surface area contributed by atoms with E-state index in [0.29, 0.717) is 41.7 Å². The normalized spacial score (nSPS) is 22.8. The summed E-state index contributed by atoms with van der Waals surface area (Å²) in [6, 6.07) is 7.20. The molecule has 3 saturated heterocycles. The largest absolute Gasteiger partial charge is 0.478 e. The number of pyridine rings is 1. The van der Waals surface area contributed by atoms with Gasteiger partial charge in [0.05, 0.1) is 40.7 Å². The second kappa shape index (κ2) is 17.9. The van der Waals surface area contributed by atoms with Crippen LogP contribution in [0.25, 0.3) is 10.9 Å². The first-order valence-electron chi connectivity index (χ1n) is 22.4. The van der Waals surface area contributed by atoms with Gasteiger partial charge in [0, 0.05) is 68.3 Å². The highest BCUT2D eigenvalue weighted by atomic mass is 35.5. The first-order chi connectivity index (χ1) is 31.6. The number of amides is 5. The summed E-state index contributed by atoms with van der Waals surface area (Å²) >= 11 is 6.52. The molecule has 9 rings (SSSR count). The van der Waals surface area contributed by atoms with Gasteiger partial charge in [-0.2, -0.15) is 4.98 Å². The maximum atomic E-state index is 16.2. The van der Waals surface area contributed by atoms with Gasteiger partial charge in [-0.15, -0.1) is 0 Å². The Morgan fingerprint density at radius 1 is 1.02 bits per heavy atom. The maximum Gasteiger partial charge on any atom is 0.293 e. The lowest BCUT2D eigenvalue weighted by Crippen LogP contribution is -2.59. The molecule has 20 heteroatoms. The molecule has 2 aromatic heterocycles. The van der Waals surface area contributed by atoms with Crippen molar-refractivity contribution >= 4 is 75.2 Å². The van der Waals surface area contributed by atoms with Crippen molar-refractivity contribution in [2.45, 2.75) is 103 Å². The van der Waals surface area contributed by atoms with Gasteiger partial charge in [0.15, 0.2) is 24.0 Å². The summed E-state index contributed by atoms with van der Waals surface area (Å²) in [5.41, 5.74) is 7.35. The number of aromatic nitrogens is 3. The predicted molar refractivity (Wildman–Crippen MR) is 243 cm³/mol. The van der Waals surface area contributed by atoms with Gasteiger partial charge in [-0.05, 0) is 95.7 Å². The van der Waals surface area contributed by atoms with Gasteiger partial charge in [-0.25, -0.2) is 9.37 Å². The van der Waals surface area contributed by atoms with E-state index in [0.717, 1.165) is 55.9 Å². The van der Waals surface area contributed by atoms with Crippen molar-refractivity contribution in [3.8, 4) is 5.75 Å². The van der Waals surface area contributed by atoms with Gasteiger partial charge < -0.3 is 34.9 Å². The van der Waals surface area contributed by atoms with E-state index < -0.39 is 53.6 Å². The van der Waals surface area contributed by atoms with Crippen LogP contribution < -0.4 is 36.5 Å². The molecule has 1 unspecified atom stereocenters. The molecule has 5 aliphatic rings. The number of carbonyl (C=O) groups is 5. The molecule has 1 saturated carbocycles. The van der Waals surface area contributed by atoms with Gasteiger partial charge >= 0.3 is 0 Å². The van der Waals surface area contributed by atoms with Crippen LogP contribution >= 0.6 is 11.6 Å². The second-order valence-corrected chi connectivity index (χ2v) is 18.5. The number of carbonyl (C=O) groups excluding carboxylic acids is 5. The summed E-state index contributed by atoms with van der Waals surface area (Å²) in [6.45, 7) is 10.8. The number of nitrogens with two attached hydrogens (primary N) is 1. The zero-order chi connectivity index (χ0) is 46.7. The van der Waals surface area contributed by atoms with E-state index in [4.69, 9.17) is 26.8 Å². The summed E-state index contributed by atoms with van der Waals surface area (Å²) < 4.78 is 29.5. The predicted octanol–water partition coefficient (Wildman–Crippen LogP) is 4.21. The van der Waals surface area contributed by atoms with Crippen molar-refractivity contribution in [2.75, 3.05) is 54.4 Å². The van der Waals surface area contributed by atoms with Crippen LogP contribution in [0.3, 0.4) is 0 Å². The second-order valence-electron chi connectivity index (χ2n) is 18.1. The minimum absolute atomic E-state index is 0.0679. The van der Waals surface area contributed by atoms with Gasteiger partial charge in [-0.1, -0.05) is 11.6 Å². The fourth-order valence-corrected chi connectivity index (χ4v) is 10.2. The van der Waals surface area contributed by atoms with Crippen LogP contribution in [0.5, 0.6) is 5.75 Å². The first kappa shape index (κ1) is 45.0. The lowest BCUT2D eigenvalue weighted by molar-refractivity contribution is -0.136. The molecular weight excluding hydrogens is 875 g/mol. The SMILES string of the molecule is Cc1c(N2CCN([C@H]3C[C@H](OC4CCN(c5ncc(Cl)c(Nc6ccc7c(cc(OCC(N)=O)c(=O)n7C(C)C)c6F)n5)CC4)C3)C[C@H]2C)ccc2c1C(=O)N(C1CCC(=O)NC1=O)C2=O. The number of piperidine rings is 2. The highest BCUT2D eigenvalue weighted by Gasteiger charge is 2.46. The Kier molecular flexibility index (Phi) is 12.2. The molecule has 1 aliphatic carbocycles. The third-order valence-corrected chi connectivity index (χ3v) is 13.8. The number of primary amides is 1. The van der Waals surface area contributed by atoms with E-state index in [9.17, 15) is 28.8 Å². The molecule has 6 heterocycles. The molecule has 0 bridgehead atoms. The van der Waals surface area contributed by atoms with E-state index in [1.54, 1.807) is 26.0 Å². The van der Waals surface area contributed by atoms with Crippen LogP contribution in [-0.4, -0.2) is 124 Å². The molecule has 5 amide bonds. The third-order valence-electron chi connectivity index (χ3n) is 13.5. The van der Waals surface area contributed by atoms with Crippen molar-refractivity contribution in [3.05, 3.63) is 74.4 Å². The number of nitrogens with one attached hydrogen (secondary N) is 2. The van der Waals surface area contributed by atoms with Crippen molar-refractivity contribution in [1.82, 2.24) is 29.7 Å². The average Bonchev–Trinajstić information content (AvgIpc) is 3.52. The highest BCUT2D eigenvalue weighted by molar-refractivity contribution is 6.33. The monoisotopic (exact) mass is 926 g/mol. The molecule has 4 aromatic rings. The zero-order valence-corrected chi connectivity index (χ0v) is 37.9. The molecule has 4 aliphatic heterocycles. The first-order valence-corrected chi connectivity index (χ1v) is 22.8. The number of piperazine rings is 1. The Morgan fingerprint density at radius 2 is 1.77 bits per heavy atom. The number of rotatable bonds is 12. The molecule has 348 valence electrons. The van der Waals surface area contributed by atoms with Crippen molar-refractivity contribution < 1.29 is 37.8 Å². The molecule has 2 atom stereocenters. The number of nitrogens with zero attached hydrogens (tertiary/aromatic N) is 7. The number of hydrogen-bond donors (Lipinski definition) is 3. The van der Waals surface area contributed by atoms with Crippen LogP contribution in [0.4, 0.5) is 27.5 Å². The van der Waals surface area contributed by atoms with E-state index in [-0.39, 0.29) is 70.4 Å². The quantitative estimate of drug-likeness (QED) is 0.170. The Morgan fingerprint density at radius 3 is 2.47 bits per heavy atom. The number of anilines is 4. The van der Waals surface area contributed by atoms with Crippen molar-refractivity contribution in [3.63, 3.8) is 0 Å². The smallest absolute Gasteiger partial charge is 0.293 e. The maximum absolute atomic E-state index is 16.2. The average molecular weight is 927 g/mol. The third kappa shape index (κ3) is 8.32. The van der Waals surface area contributed by atoms with E-state index in [1.165, 1.54) is 22.9 Å². The molecule has 66 heavy (non-hydrogen) atoms. The Balaban J connectivity index is 0.772. The fraction of sp³-hybridized carbons (Fsp3) is 0.478. The number of fused-ring (bicyclic) bond motifs is 2. The number of benzene rings is 2. The molecule has 4 fully saturated rings. The summed E-state index contributed by atoms with van der Waals surface area (Å²) in [6.07, 6.45) is 5.35. The minimum atomic E-state index is -1.01. The summed E-state index contributed by atoms with van der Waals surface area (Å²) in [5.74, 6) is -3.01. The number of hydrogen-bond acceptors (Lipinski definition) is 14. The van der Waals surface area contributed by atoms with Crippen LogP contribution in [0, 0.1) is 12.7 Å². The lowest BCUT2D eigenvalue weighted by atomic mass is 9.86. The van der Waals surface area contributed by atoms with Gasteiger partial charge in [0.2, 0.25) is 17.8 Å². The standard InChI is InChI=1S/C46H52ClFN10O8/c1-23(2)57-34-8-6-32(40(48)30(34)19-36(44(57)63)65-22-37(49)59)51-41-31(47)20-50-46(53-41)54-13-11-27(12-14-54)66-28-17-26(18-28)55-15-16-56(24(3)21-55)33-7-5-29-39(25(33)4)45(64)58(43(29)62)35-9-10-38(60)52-42(35)61/h5-8,19-20,23-24,26-28,35H,9-18,21-22H2,1-4H3,(H2,49,59)(H,50,51,53)(H,52,60,61)/t24-,26-,28-,35?/m1/s1. The van der Waals surface area contributed by atoms with E-state index in [2.05, 4.69) is 42.2 Å². The Labute approximate surface area is 384 Å². The molecule has 18 nitrogen and oxygen atoms in total. The number of halogens is 2. The molecule has 0 spiro atoms. The topological polar surface area (TPSA) is 215 Å². The van der Waals surface area contributed by atoms with Gasteiger partial charge in [0.1, 0.15) is 11.1 Å². The molecular formula is C46H52ClFN10O8. The zero-order valence-electron chi connectivity index (χ0n) is 37.1. The fourth-order valence-electron chi connectivity index (χ4n) is 10.0. The Hall–Kier alpha value is -6.18. The molecule has 4 N–H and O–H groups in total. The minimum Gasteiger partial charge on any atom is -0.478 e.